The highest BCUT2D eigenvalue weighted by Gasteiger charge is 2.41. The Labute approximate surface area is 254 Å². The molecular formula is C30H49N5O8. The molecule has 1 aromatic rings. The number of carbonyl (C=O) groups is 3. The van der Waals surface area contributed by atoms with Crippen molar-refractivity contribution in [2.45, 2.75) is 97.6 Å². The van der Waals surface area contributed by atoms with Gasteiger partial charge in [-0.05, 0) is 86.9 Å². The van der Waals surface area contributed by atoms with Crippen LogP contribution in [-0.2, 0) is 23.8 Å². The van der Waals surface area contributed by atoms with Gasteiger partial charge < -0.3 is 34.9 Å². The maximum Gasteiger partial charge on any atom is 0.431 e. The Morgan fingerprint density at radius 3 is 1.95 bits per heavy atom. The highest BCUT2D eigenvalue weighted by Crippen LogP contribution is 2.24. The van der Waals surface area contributed by atoms with E-state index in [1.807, 2.05) is 32.9 Å². The van der Waals surface area contributed by atoms with Gasteiger partial charge in [0, 0.05) is 25.6 Å². The third-order valence-electron chi connectivity index (χ3n) is 5.53. The van der Waals surface area contributed by atoms with E-state index in [4.69, 9.17) is 23.8 Å². The molecule has 4 N–H and O–H groups in total. The number of nitrogens with zero attached hydrogens (tertiary/aromatic N) is 1. The molecule has 242 valence electrons. The fourth-order valence-electron chi connectivity index (χ4n) is 3.57. The molecule has 1 heterocycles. The van der Waals surface area contributed by atoms with E-state index < -0.39 is 40.6 Å². The summed E-state index contributed by atoms with van der Waals surface area (Å²) >= 11 is 0. The molecule has 0 aromatic heterocycles. The molecule has 1 aliphatic heterocycles. The van der Waals surface area contributed by atoms with Crippen LogP contribution in [0.1, 0.15) is 80.7 Å². The summed E-state index contributed by atoms with van der Waals surface area (Å²) in [6.07, 6.45) is -1.30. The molecular weight excluding hydrogens is 558 g/mol. The lowest BCUT2D eigenvalue weighted by atomic mass is 9.98. The van der Waals surface area contributed by atoms with Crippen LogP contribution in [0.25, 0.3) is 0 Å². The first-order valence-electron chi connectivity index (χ1n) is 14.4. The van der Waals surface area contributed by atoms with E-state index in [9.17, 15) is 14.4 Å². The molecule has 43 heavy (non-hydrogen) atoms. The third-order valence-corrected chi connectivity index (χ3v) is 5.53. The maximum absolute atomic E-state index is 13.0. The first kappa shape index (κ1) is 35.5. The zero-order chi connectivity index (χ0) is 32.5. The van der Waals surface area contributed by atoms with Crippen molar-refractivity contribution in [2.24, 2.45) is 4.99 Å². The maximum atomic E-state index is 13.0. The standard InChI is InChI=1S/C30H49N5O8/c1-27(2,3)40-23(36)30(10,43-35-26(38)42-29(7,8)9)19-39-22-13-11-20(12-14-22)21-17-33-24(34-18-21)31-15-16-32-25(37)41-28(4,5)6/h11-14,21H,15-19H2,1-10H3,(H,32,37)(H,35,38)(H2,31,33,34). The summed E-state index contributed by atoms with van der Waals surface area (Å²) in [7, 11) is 0. The van der Waals surface area contributed by atoms with E-state index in [1.165, 1.54) is 6.92 Å². The molecule has 2 atom stereocenters. The van der Waals surface area contributed by atoms with Gasteiger partial charge in [0.2, 0.25) is 5.60 Å². The predicted octanol–water partition coefficient (Wildman–Crippen LogP) is 3.78. The number of benzene rings is 1. The smallest absolute Gasteiger partial charge is 0.431 e. The Morgan fingerprint density at radius 2 is 1.42 bits per heavy atom. The van der Waals surface area contributed by atoms with Crippen LogP contribution in [0.5, 0.6) is 5.75 Å². The predicted molar refractivity (Wildman–Crippen MR) is 162 cm³/mol. The van der Waals surface area contributed by atoms with Crippen molar-refractivity contribution < 1.29 is 38.2 Å². The van der Waals surface area contributed by atoms with Crippen molar-refractivity contribution in [3.05, 3.63) is 29.8 Å². The van der Waals surface area contributed by atoms with E-state index >= 15 is 0 Å². The molecule has 0 spiro atoms. The van der Waals surface area contributed by atoms with Gasteiger partial charge in [0.1, 0.15) is 29.2 Å². The molecule has 2 unspecified atom stereocenters. The van der Waals surface area contributed by atoms with Crippen molar-refractivity contribution >= 4 is 24.1 Å². The monoisotopic (exact) mass is 607 g/mol. The Morgan fingerprint density at radius 1 is 0.837 bits per heavy atom. The number of aliphatic imine (C=N–C) groups is 1. The fourth-order valence-corrected chi connectivity index (χ4v) is 3.57. The Bertz CT molecular complexity index is 1120. The lowest BCUT2D eigenvalue weighted by Crippen LogP contribution is -2.52. The molecule has 1 aromatic carbocycles. The Balaban J connectivity index is 1.91. The Kier molecular flexibility index (Phi) is 12.1. The van der Waals surface area contributed by atoms with Crippen LogP contribution in [0, 0.1) is 0 Å². The van der Waals surface area contributed by atoms with E-state index in [2.05, 4.69) is 26.4 Å². The first-order valence-corrected chi connectivity index (χ1v) is 14.4. The summed E-state index contributed by atoms with van der Waals surface area (Å²) in [5.41, 5.74) is -0.481. The number of guanidine groups is 1. The Hall–Kier alpha value is -3.74. The van der Waals surface area contributed by atoms with Gasteiger partial charge in [0.15, 0.2) is 5.96 Å². The van der Waals surface area contributed by atoms with Crippen LogP contribution < -0.4 is 26.2 Å². The summed E-state index contributed by atoms with van der Waals surface area (Å²) in [5.74, 6) is 0.617. The summed E-state index contributed by atoms with van der Waals surface area (Å²) in [6.45, 7) is 19.2. The van der Waals surface area contributed by atoms with Crippen molar-refractivity contribution in [3.63, 3.8) is 0 Å². The average molecular weight is 608 g/mol. The number of hydroxylamine groups is 1. The first-order chi connectivity index (χ1) is 19.7. The topological polar surface area (TPSA) is 158 Å². The summed E-state index contributed by atoms with van der Waals surface area (Å²) in [4.78, 5) is 46.9. The number of carbonyl (C=O) groups excluding carboxylic acids is 3. The van der Waals surface area contributed by atoms with Crippen LogP contribution in [0.2, 0.25) is 0 Å². The highest BCUT2D eigenvalue weighted by molar-refractivity contribution is 5.81. The fraction of sp³-hybridized carbons (Fsp3) is 0.667. The largest absolute Gasteiger partial charge is 0.490 e. The van der Waals surface area contributed by atoms with E-state index in [-0.39, 0.29) is 12.5 Å². The number of nitrogens with one attached hydrogen (secondary N) is 4. The molecule has 1 aliphatic rings. The zero-order valence-corrected chi connectivity index (χ0v) is 27.1. The van der Waals surface area contributed by atoms with Gasteiger partial charge in [0.25, 0.3) is 0 Å². The van der Waals surface area contributed by atoms with Gasteiger partial charge in [0.05, 0.1) is 6.54 Å². The van der Waals surface area contributed by atoms with Crippen LogP contribution in [0.4, 0.5) is 9.59 Å². The van der Waals surface area contributed by atoms with Gasteiger partial charge in [-0.25, -0.2) is 19.2 Å². The molecule has 0 fully saturated rings. The number of amides is 2. The normalized spacial score (nSPS) is 16.9. The second-order valence-corrected chi connectivity index (χ2v) is 13.4. The van der Waals surface area contributed by atoms with Gasteiger partial charge in [-0.1, -0.05) is 12.1 Å². The number of rotatable bonds is 10. The summed E-state index contributed by atoms with van der Waals surface area (Å²) in [6, 6.07) is 7.47. The van der Waals surface area contributed by atoms with Gasteiger partial charge >= 0.3 is 18.2 Å². The van der Waals surface area contributed by atoms with Crippen LogP contribution >= 0.6 is 0 Å². The van der Waals surface area contributed by atoms with E-state index in [0.29, 0.717) is 37.9 Å². The highest BCUT2D eigenvalue weighted by atomic mass is 16.7. The molecule has 13 nitrogen and oxygen atoms in total. The zero-order valence-electron chi connectivity index (χ0n) is 27.1. The lowest BCUT2D eigenvalue weighted by Gasteiger charge is -2.31. The minimum absolute atomic E-state index is 0.146. The number of esters is 1. The number of alkyl carbamates (subject to hydrolysis) is 1. The number of hydrogen-bond donors (Lipinski definition) is 4. The molecule has 0 radical (unpaired) electrons. The van der Waals surface area contributed by atoms with Crippen molar-refractivity contribution in [3.8, 4) is 5.75 Å². The van der Waals surface area contributed by atoms with Gasteiger partial charge in [-0.2, -0.15) is 5.48 Å². The van der Waals surface area contributed by atoms with Gasteiger partial charge in [-0.3, -0.25) is 4.99 Å². The van der Waals surface area contributed by atoms with Crippen molar-refractivity contribution in [1.82, 2.24) is 21.4 Å². The van der Waals surface area contributed by atoms with Crippen molar-refractivity contribution in [2.75, 3.05) is 32.8 Å². The number of hydrogen-bond acceptors (Lipinski definition) is 11. The van der Waals surface area contributed by atoms with E-state index in [1.54, 1.807) is 53.7 Å². The second kappa shape index (κ2) is 14.6. The molecule has 0 saturated carbocycles. The third kappa shape index (κ3) is 13.9. The van der Waals surface area contributed by atoms with Crippen LogP contribution in [-0.4, -0.2) is 79.3 Å². The molecule has 0 aliphatic carbocycles. The lowest BCUT2D eigenvalue weighted by molar-refractivity contribution is -0.194. The van der Waals surface area contributed by atoms with Crippen molar-refractivity contribution in [1.29, 1.82) is 0 Å². The quantitative estimate of drug-likeness (QED) is 0.134. The van der Waals surface area contributed by atoms with Crippen LogP contribution in [0.15, 0.2) is 29.3 Å². The van der Waals surface area contributed by atoms with Crippen LogP contribution in [0.3, 0.4) is 0 Å². The minimum Gasteiger partial charge on any atom is -0.490 e. The molecule has 0 bridgehead atoms. The van der Waals surface area contributed by atoms with Gasteiger partial charge in [-0.15, -0.1) is 0 Å². The van der Waals surface area contributed by atoms with E-state index in [0.717, 1.165) is 5.56 Å². The second-order valence-electron chi connectivity index (χ2n) is 13.4. The SMILES string of the molecule is CC(C)(C)OC(=O)NCCNC1=NCC(c2ccc(OCC(C)(ONC(=O)OC(C)(C)C)C(=O)OC(C)(C)C)cc2)CN1. The summed E-state index contributed by atoms with van der Waals surface area (Å²) < 4.78 is 21.8. The average Bonchev–Trinajstić information content (AvgIpc) is 2.86. The molecule has 2 rings (SSSR count). The molecule has 0 saturated heterocycles. The minimum atomic E-state index is -1.66. The number of ether oxygens (including phenoxy) is 4. The molecule has 2 amide bonds. The molecule has 13 heteroatoms. The summed E-state index contributed by atoms with van der Waals surface area (Å²) in [5, 5.41) is 9.14.